The van der Waals surface area contributed by atoms with Crippen LogP contribution < -0.4 is 0 Å². The van der Waals surface area contributed by atoms with E-state index in [2.05, 4.69) is 48.3 Å². The van der Waals surface area contributed by atoms with Gasteiger partial charge in [0.1, 0.15) is 0 Å². The smallest absolute Gasteiger partial charge is 0.0352 e. The molecule has 0 saturated carbocycles. The first kappa shape index (κ1) is 8.42. The lowest BCUT2D eigenvalue weighted by atomic mass is 10.00. The van der Waals surface area contributed by atoms with E-state index >= 15 is 0 Å². The third kappa shape index (κ3) is 1.20. The van der Waals surface area contributed by atoms with Gasteiger partial charge in [-0.15, -0.1) is 0 Å². The van der Waals surface area contributed by atoms with E-state index in [0.29, 0.717) is 0 Å². The van der Waals surface area contributed by atoms with Gasteiger partial charge in [-0.1, -0.05) is 30.3 Å². The van der Waals surface area contributed by atoms with Gasteiger partial charge in [-0.3, -0.25) is 4.98 Å². The highest BCUT2D eigenvalue weighted by Crippen LogP contribution is 2.27. The van der Waals surface area contributed by atoms with Crippen molar-refractivity contribution in [1.82, 2.24) is 4.98 Å². The summed E-state index contributed by atoms with van der Waals surface area (Å²) in [6, 6.07) is 12.8. The highest BCUT2D eigenvalue weighted by Gasteiger charge is 2.02. The molecule has 0 unspecified atom stereocenters. The molecular weight excluding hydrogens is 182 g/mol. The summed E-state index contributed by atoms with van der Waals surface area (Å²) >= 11 is 0. The predicted molar refractivity (Wildman–Crippen MR) is 64.0 cm³/mol. The summed E-state index contributed by atoms with van der Waals surface area (Å²) in [5.74, 6) is 0. The van der Waals surface area contributed by atoms with E-state index in [1.165, 1.54) is 27.1 Å². The van der Waals surface area contributed by atoms with E-state index in [4.69, 9.17) is 0 Å². The second-order valence-corrected chi connectivity index (χ2v) is 3.84. The summed E-state index contributed by atoms with van der Waals surface area (Å²) in [6.45, 7) is 2.15. The van der Waals surface area contributed by atoms with Crippen LogP contribution >= 0.6 is 0 Å². The van der Waals surface area contributed by atoms with Crippen molar-refractivity contribution in [1.29, 1.82) is 0 Å². The molecule has 1 nitrogen and oxygen atoms in total. The van der Waals surface area contributed by atoms with E-state index in [9.17, 15) is 0 Å². The number of rotatable bonds is 0. The Morgan fingerprint density at radius 2 is 1.80 bits per heavy atom. The van der Waals surface area contributed by atoms with Crippen LogP contribution in [0.4, 0.5) is 0 Å². The van der Waals surface area contributed by atoms with Crippen LogP contribution in [0.5, 0.6) is 0 Å². The Hall–Kier alpha value is -1.89. The molecule has 15 heavy (non-hydrogen) atoms. The van der Waals surface area contributed by atoms with Crippen LogP contribution in [0.2, 0.25) is 0 Å². The molecule has 0 atom stereocenters. The van der Waals surface area contributed by atoms with Gasteiger partial charge in [-0.2, -0.15) is 0 Å². The number of hydrogen-bond acceptors (Lipinski definition) is 1. The third-order valence-electron chi connectivity index (χ3n) is 2.87. The van der Waals surface area contributed by atoms with Gasteiger partial charge in [0, 0.05) is 17.8 Å². The van der Waals surface area contributed by atoms with Gasteiger partial charge in [-0.25, -0.2) is 0 Å². The Morgan fingerprint density at radius 3 is 2.73 bits per heavy atom. The fraction of sp³-hybridized carbons (Fsp3) is 0.0714. The summed E-state index contributed by atoms with van der Waals surface area (Å²) in [6.07, 6.45) is 3.80. The van der Waals surface area contributed by atoms with Crippen molar-refractivity contribution in [3.05, 3.63) is 54.4 Å². The number of aryl methyl sites for hydroxylation is 1. The molecule has 0 aliphatic rings. The van der Waals surface area contributed by atoms with Gasteiger partial charge in [0.2, 0.25) is 0 Å². The van der Waals surface area contributed by atoms with Crippen molar-refractivity contribution in [2.45, 2.75) is 6.92 Å². The van der Waals surface area contributed by atoms with Crippen molar-refractivity contribution in [2.24, 2.45) is 0 Å². The van der Waals surface area contributed by atoms with E-state index < -0.39 is 0 Å². The fourth-order valence-electron chi connectivity index (χ4n) is 2.13. The van der Waals surface area contributed by atoms with Gasteiger partial charge < -0.3 is 0 Å². The fourth-order valence-corrected chi connectivity index (χ4v) is 2.13. The number of aromatic nitrogens is 1. The Kier molecular flexibility index (Phi) is 1.72. The van der Waals surface area contributed by atoms with Crippen molar-refractivity contribution in [3.8, 4) is 0 Å². The standard InChI is InChI=1S/C14H11N/c1-10-8-11-4-2-3-5-13(11)14-9-15-7-6-12(10)14/h2-9H,1H3. The Morgan fingerprint density at radius 1 is 0.933 bits per heavy atom. The molecule has 72 valence electrons. The summed E-state index contributed by atoms with van der Waals surface area (Å²) in [4.78, 5) is 4.20. The van der Waals surface area contributed by atoms with Crippen LogP contribution in [0, 0.1) is 6.92 Å². The van der Waals surface area contributed by atoms with Crippen LogP contribution in [-0.4, -0.2) is 4.98 Å². The maximum atomic E-state index is 4.20. The quantitative estimate of drug-likeness (QED) is 0.496. The Balaban J connectivity index is 2.64. The molecule has 0 aliphatic carbocycles. The lowest BCUT2D eigenvalue weighted by Gasteiger charge is -2.06. The Bertz CT molecular complexity index is 641. The third-order valence-corrected chi connectivity index (χ3v) is 2.87. The topological polar surface area (TPSA) is 12.9 Å². The van der Waals surface area contributed by atoms with Gasteiger partial charge in [0.15, 0.2) is 0 Å². The Labute approximate surface area is 88.4 Å². The molecule has 0 saturated heterocycles. The molecule has 3 rings (SSSR count). The van der Waals surface area contributed by atoms with Crippen LogP contribution in [0.3, 0.4) is 0 Å². The number of pyridine rings is 1. The average Bonchev–Trinajstić information content (AvgIpc) is 2.30. The summed E-state index contributed by atoms with van der Waals surface area (Å²) in [7, 11) is 0. The lowest BCUT2D eigenvalue weighted by Crippen LogP contribution is -1.82. The SMILES string of the molecule is Cc1cc2ccccc2c2cnccc12. The molecule has 0 spiro atoms. The molecule has 2 aromatic carbocycles. The molecule has 1 aromatic heterocycles. The number of hydrogen-bond donors (Lipinski definition) is 0. The van der Waals surface area contributed by atoms with Gasteiger partial charge in [-0.05, 0) is 34.7 Å². The molecule has 1 heterocycles. The van der Waals surface area contributed by atoms with E-state index in [1.807, 2.05) is 12.4 Å². The van der Waals surface area contributed by atoms with E-state index in [1.54, 1.807) is 0 Å². The summed E-state index contributed by atoms with van der Waals surface area (Å²) in [5, 5.41) is 5.11. The molecule has 0 aliphatic heterocycles. The zero-order valence-corrected chi connectivity index (χ0v) is 8.57. The van der Waals surface area contributed by atoms with Gasteiger partial charge in [0.05, 0.1) is 0 Å². The molecule has 0 fully saturated rings. The first-order chi connectivity index (χ1) is 7.36. The highest BCUT2D eigenvalue weighted by atomic mass is 14.6. The highest BCUT2D eigenvalue weighted by molar-refractivity contribution is 6.08. The zero-order chi connectivity index (χ0) is 10.3. The zero-order valence-electron chi connectivity index (χ0n) is 8.57. The summed E-state index contributed by atoms with van der Waals surface area (Å²) < 4.78 is 0. The van der Waals surface area contributed by atoms with Crippen LogP contribution in [-0.2, 0) is 0 Å². The maximum absolute atomic E-state index is 4.20. The van der Waals surface area contributed by atoms with Crippen LogP contribution in [0.25, 0.3) is 21.5 Å². The first-order valence-electron chi connectivity index (χ1n) is 5.08. The van der Waals surface area contributed by atoms with E-state index in [-0.39, 0.29) is 0 Å². The lowest BCUT2D eigenvalue weighted by molar-refractivity contribution is 1.36. The first-order valence-corrected chi connectivity index (χ1v) is 5.08. The number of benzene rings is 2. The van der Waals surface area contributed by atoms with Crippen molar-refractivity contribution in [2.75, 3.05) is 0 Å². The second kappa shape index (κ2) is 3.06. The minimum absolute atomic E-state index is 1.24. The average molecular weight is 193 g/mol. The second-order valence-electron chi connectivity index (χ2n) is 3.84. The molecule has 0 bridgehead atoms. The van der Waals surface area contributed by atoms with Gasteiger partial charge >= 0.3 is 0 Å². The van der Waals surface area contributed by atoms with Crippen molar-refractivity contribution >= 4 is 21.5 Å². The van der Waals surface area contributed by atoms with Crippen molar-refractivity contribution in [3.63, 3.8) is 0 Å². The molecule has 0 N–H and O–H groups in total. The van der Waals surface area contributed by atoms with Crippen LogP contribution in [0.1, 0.15) is 5.56 Å². The molecule has 3 aromatic rings. The minimum atomic E-state index is 1.24. The normalized spacial score (nSPS) is 11.0. The van der Waals surface area contributed by atoms with Crippen LogP contribution in [0.15, 0.2) is 48.8 Å². The van der Waals surface area contributed by atoms with Gasteiger partial charge in [0.25, 0.3) is 0 Å². The molecule has 0 radical (unpaired) electrons. The molecule has 0 amide bonds. The van der Waals surface area contributed by atoms with E-state index in [0.717, 1.165) is 0 Å². The predicted octanol–water partition coefficient (Wildman–Crippen LogP) is 3.70. The summed E-state index contributed by atoms with van der Waals surface area (Å²) in [5.41, 5.74) is 1.31. The number of fused-ring (bicyclic) bond motifs is 3. The maximum Gasteiger partial charge on any atom is 0.0352 e. The monoisotopic (exact) mass is 193 g/mol. The van der Waals surface area contributed by atoms with Crippen molar-refractivity contribution < 1.29 is 0 Å². The minimum Gasteiger partial charge on any atom is -0.264 e. The molecule has 1 heteroatoms. The molecular formula is C14H11N. The largest absolute Gasteiger partial charge is 0.264 e. The number of nitrogens with zero attached hydrogens (tertiary/aromatic N) is 1.